The molecule has 102 valence electrons. The monoisotopic (exact) mass is 353 g/mol. The van der Waals surface area contributed by atoms with E-state index < -0.39 is 0 Å². The van der Waals surface area contributed by atoms with Gasteiger partial charge in [0.1, 0.15) is 5.15 Å². The zero-order valence-electron chi connectivity index (χ0n) is 10.4. The Morgan fingerprint density at radius 2 is 2.10 bits per heavy atom. The van der Waals surface area contributed by atoms with Gasteiger partial charge in [0.2, 0.25) is 5.65 Å². The molecule has 0 unspecified atom stereocenters. The third-order valence-electron chi connectivity index (χ3n) is 2.98. The number of nitrogens with zero attached hydrogens (tertiary/aromatic N) is 4. The maximum absolute atomic E-state index is 6.11. The lowest BCUT2D eigenvalue weighted by Crippen LogP contribution is -2.03. The lowest BCUT2D eigenvalue weighted by molar-refractivity contribution is 0.315. The number of aryl methyl sites for hydroxylation is 1. The smallest absolute Gasteiger partial charge is 0.226 e. The summed E-state index contributed by atoms with van der Waals surface area (Å²) < 4.78 is 5.41. The van der Waals surface area contributed by atoms with Gasteiger partial charge in [-0.3, -0.25) is 0 Å². The Labute approximate surface area is 127 Å². The SMILES string of the molecule is Cc1nc2nonc2c(N)c1Cc1ccc(Br)c(Cl)n1. The third-order valence-corrected chi connectivity index (χ3v) is 4.14. The van der Waals surface area contributed by atoms with Gasteiger partial charge < -0.3 is 5.73 Å². The van der Waals surface area contributed by atoms with E-state index in [4.69, 9.17) is 17.3 Å². The van der Waals surface area contributed by atoms with Crippen LogP contribution in [0.5, 0.6) is 0 Å². The predicted octanol–water partition coefficient (Wildman–Crippen LogP) is 2.91. The van der Waals surface area contributed by atoms with E-state index in [0.29, 0.717) is 28.4 Å². The van der Waals surface area contributed by atoms with Gasteiger partial charge in [-0.15, -0.1) is 0 Å². The van der Waals surface area contributed by atoms with Gasteiger partial charge in [0.15, 0.2) is 5.52 Å². The van der Waals surface area contributed by atoms with Gasteiger partial charge in [-0.05, 0) is 45.3 Å². The summed E-state index contributed by atoms with van der Waals surface area (Å²) in [6.45, 7) is 1.86. The number of hydrogen-bond acceptors (Lipinski definition) is 6. The van der Waals surface area contributed by atoms with E-state index in [1.807, 2.05) is 19.1 Å². The van der Waals surface area contributed by atoms with Crippen LogP contribution < -0.4 is 5.73 Å². The summed E-state index contributed by atoms with van der Waals surface area (Å²) in [5.41, 5.74) is 9.90. The summed E-state index contributed by atoms with van der Waals surface area (Å²) in [6, 6.07) is 3.72. The second kappa shape index (κ2) is 4.99. The van der Waals surface area contributed by atoms with Crippen LogP contribution in [0.15, 0.2) is 21.2 Å². The quantitative estimate of drug-likeness (QED) is 0.712. The zero-order chi connectivity index (χ0) is 14.3. The van der Waals surface area contributed by atoms with Gasteiger partial charge in [0.05, 0.1) is 10.2 Å². The van der Waals surface area contributed by atoms with Crippen molar-refractivity contribution < 1.29 is 4.63 Å². The highest BCUT2D eigenvalue weighted by Gasteiger charge is 2.15. The molecule has 2 N–H and O–H groups in total. The first-order chi connectivity index (χ1) is 9.56. The van der Waals surface area contributed by atoms with Crippen molar-refractivity contribution in [3.05, 3.63) is 38.7 Å². The summed E-state index contributed by atoms with van der Waals surface area (Å²) in [5.74, 6) is 0. The van der Waals surface area contributed by atoms with E-state index in [2.05, 4.69) is 40.8 Å². The van der Waals surface area contributed by atoms with E-state index in [-0.39, 0.29) is 0 Å². The van der Waals surface area contributed by atoms with Crippen molar-refractivity contribution in [3.8, 4) is 0 Å². The van der Waals surface area contributed by atoms with Crippen LogP contribution in [0.25, 0.3) is 11.2 Å². The van der Waals surface area contributed by atoms with E-state index >= 15 is 0 Å². The molecule has 0 aliphatic rings. The fraction of sp³-hybridized carbons (Fsp3) is 0.167. The van der Waals surface area contributed by atoms with E-state index in [1.165, 1.54) is 0 Å². The Kier molecular flexibility index (Phi) is 3.31. The summed E-state index contributed by atoms with van der Waals surface area (Å²) in [4.78, 5) is 8.61. The van der Waals surface area contributed by atoms with Crippen molar-refractivity contribution >= 4 is 44.4 Å². The Bertz CT molecular complexity index is 804. The van der Waals surface area contributed by atoms with Crippen LogP contribution in [0.1, 0.15) is 17.0 Å². The second-order valence-electron chi connectivity index (χ2n) is 4.28. The zero-order valence-corrected chi connectivity index (χ0v) is 12.7. The molecule has 0 aromatic carbocycles. The number of aromatic nitrogens is 4. The molecule has 0 aliphatic carbocycles. The highest BCUT2D eigenvalue weighted by molar-refractivity contribution is 9.10. The molecule has 0 bridgehead atoms. The Morgan fingerprint density at radius 1 is 1.30 bits per heavy atom. The molecule has 0 amide bonds. The molecule has 0 radical (unpaired) electrons. The van der Waals surface area contributed by atoms with Gasteiger partial charge >= 0.3 is 0 Å². The highest BCUT2D eigenvalue weighted by atomic mass is 79.9. The molecule has 20 heavy (non-hydrogen) atoms. The minimum absolute atomic E-state index is 0.408. The molecule has 3 rings (SSSR count). The number of halogens is 2. The first-order valence-electron chi connectivity index (χ1n) is 5.74. The second-order valence-corrected chi connectivity index (χ2v) is 5.49. The Hall–Kier alpha value is -1.73. The number of hydrogen-bond donors (Lipinski definition) is 1. The molecule has 0 saturated carbocycles. The fourth-order valence-corrected chi connectivity index (χ4v) is 2.34. The van der Waals surface area contributed by atoms with Crippen LogP contribution in [-0.2, 0) is 6.42 Å². The normalized spacial score (nSPS) is 11.2. The largest absolute Gasteiger partial charge is 0.396 e. The van der Waals surface area contributed by atoms with Crippen LogP contribution in [-0.4, -0.2) is 20.3 Å². The molecule has 0 fully saturated rings. The van der Waals surface area contributed by atoms with E-state index in [1.54, 1.807) is 0 Å². The van der Waals surface area contributed by atoms with Gasteiger partial charge in [-0.25, -0.2) is 14.6 Å². The average Bonchev–Trinajstić information content (AvgIpc) is 2.87. The van der Waals surface area contributed by atoms with Crippen molar-refractivity contribution in [3.63, 3.8) is 0 Å². The third kappa shape index (κ3) is 2.23. The van der Waals surface area contributed by atoms with E-state index in [9.17, 15) is 0 Å². The minimum Gasteiger partial charge on any atom is -0.396 e. The lowest BCUT2D eigenvalue weighted by Gasteiger charge is -2.08. The lowest BCUT2D eigenvalue weighted by atomic mass is 10.1. The molecule has 0 saturated heterocycles. The summed E-state index contributed by atoms with van der Waals surface area (Å²) >= 11 is 9.30. The molecule has 3 aromatic heterocycles. The van der Waals surface area contributed by atoms with Crippen molar-refractivity contribution in [2.24, 2.45) is 0 Å². The fourth-order valence-electron chi connectivity index (χ4n) is 1.95. The van der Waals surface area contributed by atoms with Crippen LogP contribution in [0.4, 0.5) is 5.69 Å². The van der Waals surface area contributed by atoms with Gasteiger partial charge in [-0.1, -0.05) is 11.6 Å². The number of pyridine rings is 2. The van der Waals surface area contributed by atoms with Crippen molar-refractivity contribution in [2.45, 2.75) is 13.3 Å². The Morgan fingerprint density at radius 3 is 2.85 bits per heavy atom. The molecule has 8 heteroatoms. The van der Waals surface area contributed by atoms with Crippen LogP contribution in [0.2, 0.25) is 5.15 Å². The van der Waals surface area contributed by atoms with Crippen molar-refractivity contribution in [1.82, 2.24) is 20.3 Å². The average molecular weight is 355 g/mol. The molecule has 0 aliphatic heterocycles. The number of rotatable bonds is 2. The molecule has 3 heterocycles. The van der Waals surface area contributed by atoms with E-state index in [0.717, 1.165) is 21.4 Å². The topological polar surface area (TPSA) is 90.7 Å². The first kappa shape index (κ1) is 13.3. The molecule has 3 aromatic rings. The summed E-state index contributed by atoms with van der Waals surface area (Å²) in [6.07, 6.45) is 0.514. The molecule has 6 nitrogen and oxygen atoms in total. The predicted molar refractivity (Wildman–Crippen MR) is 78.5 cm³/mol. The maximum atomic E-state index is 6.11. The minimum atomic E-state index is 0.408. The number of fused-ring (bicyclic) bond motifs is 1. The molecule has 0 atom stereocenters. The van der Waals surface area contributed by atoms with Gasteiger partial charge in [-0.2, -0.15) is 0 Å². The maximum Gasteiger partial charge on any atom is 0.226 e. The van der Waals surface area contributed by atoms with Crippen LogP contribution in [0.3, 0.4) is 0 Å². The van der Waals surface area contributed by atoms with Gasteiger partial charge in [0.25, 0.3) is 0 Å². The van der Waals surface area contributed by atoms with Gasteiger partial charge in [0, 0.05) is 23.4 Å². The van der Waals surface area contributed by atoms with Crippen LogP contribution >= 0.6 is 27.5 Å². The molecule has 0 spiro atoms. The van der Waals surface area contributed by atoms with Crippen molar-refractivity contribution in [1.29, 1.82) is 0 Å². The Balaban J connectivity index is 2.07. The number of anilines is 1. The molecular weight excluding hydrogens is 346 g/mol. The number of nitrogen functional groups attached to an aromatic ring is 1. The van der Waals surface area contributed by atoms with Crippen LogP contribution in [0, 0.1) is 6.92 Å². The number of nitrogens with two attached hydrogens (primary N) is 1. The van der Waals surface area contributed by atoms with Crippen molar-refractivity contribution in [2.75, 3.05) is 5.73 Å². The highest BCUT2D eigenvalue weighted by Crippen LogP contribution is 2.26. The first-order valence-corrected chi connectivity index (χ1v) is 6.91. The summed E-state index contributed by atoms with van der Waals surface area (Å²) in [7, 11) is 0. The summed E-state index contributed by atoms with van der Waals surface area (Å²) in [5, 5.41) is 7.87. The standard InChI is InChI=1S/C12H9BrClN5O/c1-5-7(4-6-2-3-8(13)11(14)17-6)9(15)10-12(16-5)19-20-18-10/h2-3H,4,15H2,1H3. The molecular formula is C12H9BrClN5O.